The summed E-state index contributed by atoms with van der Waals surface area (Å²) >= 11 is 0. The smallest absolute Gasteiger partial charge is 0.394 e. The summed E-state index contributed by atoms with van der Waals surface area (Å²) < 4.78 is 31.8. The van der Waals surface area contributed by atoms with Gasteiger partial charge in [-0.15, -0.1) is 0 Å². The molecule has 0 aliphatic heterocycles. The number of hydrogen-bond donors (Lipinski definition) is 3. The lowest BCUT2D eigenvalue weighted by Crippen LogP contribution is -2.39. The molecule has 0 spiro atoms. The molecule has 0 saturated heterocycles. The molecule has 0 radical (unpaired) electrons. The van der Waals surface area contributed by atoms with Gasteiger partial charge in [-0.2, -0.15) is 0 Å². The summed E-state index contributed by atoms with van der Waals surface area (Å²) in [5.74, 6) is -3.34. The fourth-order valence-corrected chi connectivity index (χ4v) is 1.99. The van der Waals surface area contributed by atoms with Crippen molar-refractivity contribution >= 4 is 12.0 Å². The Hall–Kier alpha value is -2.02. The zero-order valence-electron chi connectivity index (χ0n) is 11.5. The first-order chi connectivity index (χ1) is 9.16. The number of aryl methyl sites for hydroxylation is 1. The molecule has 5 N–H and O–H groups in total. The van der Waals surface area contributed by atoms with E-state index in [0.717, 1.165) is 6.07 Å². The lowest BCUT2D eigenvalue weighted by atomic mass is 9.88. The first-order valence-corrected chi connectivity index (χ1v) is 5.93. The highest BCUT2D eigenvalue weighted by atomic mass is 19.2. The SMILES string of the molecule is Cc1cc(F)c(F)c(C(C)[C@H](N)C(=N)OC(N)=O)c1C. The van der Waals surface area contributed by atoms with E-state index in [0.29, 0.717) is 11.1 Å². The molecule has 1 unspecified atom stereocenters. The molecule has 5 nitrogen and oxygen atoms in total. The van der Waals surface area contributed by atoms with Crippen molar-refractivity contribution in [1.82, 2.24) is 0 Å². The number of nitrogens with one attached hydrogen (secondary N) is 1. The summed E-state index contributed by atoms with van der Waals surface area (Å²) in [6, 6.07) is -0.0191. The van der Waals surface area contributed by atoms with Crippen LogP contribution in [-0.4, -0.2) is 18.0 Å². The van der Waals surface area contributed by atoms with Crippen molar-refractivity contribution in [1.29, 1.82) is 5.41 Å². The van der Waals surface area contributed by atoms with Gasteiger partial charge in [0.15, 0.2) is 11.6 Å². The summed E-state index contributed by atoms with van der Waals surface area (Å²) in [6.07, 6.45) is -1.18. The molecule has 1 aromatic rings. The predicted octanol–water partition coefficient (Wildman–Crippen LogP) is 2.09. The maximum atomic E-state index is 13.9. The fraction of sp³-hybridized carbons (Fsp3) is 0.385. The summed E-state index contributed by atoms with van der Waals surface area (Å²) in [7, 11) is 0. The second-order valence-electron chi connectivity index (χ2n) is 4.63. The van der Waals surface area contributed by atoms with E-state index in [1.54, 1.807) is 13.8 Å². The Bertz CT molecular complexity index is 535. The van der Waals surface area contributed by atoms with E-state index in [1.807, 2.05) is 0 Å². The number of benzene rings is 1. The Balaban J connectivity index is 3.18. The molecule has 7 heteroatoms. The molecule has 0 bridgehead atoms. The Labute approximate surface area is 115 Å². The largest absolute Gasteiger partial charge is 0.411 e. The number of carbonyl (C=O) groups is 1. The van der Waals surface area contributed by atoms with E-state index in [2.05, 4.69) is 4.74 Å². The third-order valence-electron chi connectivity index (χ3n) is 3.29. The average molecular weight is 285 g/mol. The normalized spacial score (nSPS) is 13.7. The van der Waals surface area contributed by atoms with Gasteiger partial charge in [-0.05, 0) is 36.6 Å². The number of carbonyl (C=O) groups excluding carboxylic acids is 1. The number of primary amides is 1. The second-order valence-corrected chi connectivity index (χ2v) is 4.63. The van der Waals surface area contributed by atoms with Crippen molar-refractivity contribution in [2.24, 2.45) is 11.5 Å². The minimum Gasteiger partial charge on any atom is -0.394 e. The number of amides is 1. The lowest BCUT2D eigenvalue weighted by molar-refractivity contribution is 0.204. The van der Waals surface area contributed by atoms with Gasteiger partial charge in [0.25, 0.3) is 0 Å². The van der Waals surface area contributed by atoms with Crippen molar-refractivity contribution in [3.05, 3.63) is 34.4 Å². The zero-order valence-corrected chi connectivity index (χ0v) is 11.5. The van der Waals surface area contributed by atoms with E-state index in [1.165, 1.54) is 6.92 Å². The number of hydrogen-bond acceptors (Lipinski definition) is 4. The van der Waals surface area contributed by atoms with Gasteiger partial charge in [-0.25, -0.2) is 13.6 Å². The van der Waals surface area contributed by atoms with Crippen LogP contribution in [0.2, 0.25) is 0 Å². The second kappa shape index (κ2) is 5.96. The van der Waals surface area contributed by atoms with Crippen molar-refractivity contribution in [2.75, 3.05) is 0 Å². The molecule has 1 aromatic carbocycles. The highest BCUT2D eigenvalue weighted by molar-refractivity contribution is 5.89. The van der Waals surface area contributed by atoms with E-state index in [-0.39, 0.29) is 5.56 Å². The van der Waals surface area contributed by atoms with Gasteiger partial charge in [0, 0.05) is 5.92 Å². The Morgan fingerprint density at radius 2 is 1.95 bits per heavy atom. The van der Waals surface area contributed by atoms with E-state index in [9.17, 15) is 13.6 Å². The standard InChI is InChI=1S/C13H17F2N3O2/c1-5-4-8(14)10(15)9(6(5)2)7(3)11(16)12(17)20-13(18)19/h4,7,11,17H,16H2,1-3H3,(H2,18,19)/t7?,11-/m0/s1. The molecule has 110 valence electrons. The Kier molecular flexibility index (Phi) is 4.78. The molecular formula is C13H17F2N3O2. The predicted molar refractivity (Wildman–Crippen MR) is 70.6 cm³/mol. The quantitative estimate of drug-likeness (QED) is 0.585. The van der Waals surface area contributed by atoms with Crippen LogP contribution in [0.5, 0.6) is 0 Å². The van der Waals surface area contributed by atoms with Crippen molar-refractivity contribution < 1.29 is 18.3 Å². The third-order valence-corrected chi connectivity index (χ3v) is 3.29. The topological polar surface area (TPSA) is 102 Å². The zero-order chi connectivity index (χ0) is 15.6. The highest BCUT2D eigenvalue weighted by Crippen LogP contribution is 2.29. The maximum absolute atomic E-state index is 13.9. The fourth-order valence-electron chi connectivity index (χ4n) is 1.99. The van der Waals surface area contributed by atoms with Crippen LogP contribution in [-0.2, 0) is 4.74 Å². The van der Waals surface area contributed by atoms with Crippen LogP contribution < -0.4 is 11.5 Å². The van der Waals surface area contributed by atoms with Crippen molar-refractivity contribution in [2.45, 2.75) is 32.7 Å². The Morgan fingerprint density at radius 1 is 1.40 bits per heavy atom. The van der Waals surface area contributed by atoms with Gasteiger partial charge >= 0.3 is 6.09 Å². The summed E-state index contributed by atoms with van der Waals surface area (Å²) in [6.45, 7) is 4.80. The van der Waals surface area contributed by atoms with Crippen LogP contribution >= 0.6 is 0 Å². The maximum Gasteiger partial charge on any atom is 0.411 e. The van der Waals surface area contributed by atoms with Crippen LogP contribution in [0.15, 0.2) is 6.07 Å². The van der Waals surface area contributed by atoms with Gasteiger partial charge in [0.2, 0.25) is 5.90 Å². The van der Waals surface area contributed by atoms with Gasteiger partial charge in [0.05, 0.1) is 6.04 Å². The van der Waals surface area contributed by atoms with Crippen molar-refractivity contribution in [3.63, 3.8) is 0 Å². The van der Waals surface area contributed by atoms with Gasteiger partial charge in [0.1, 0.15) is 0 Å². The minimum absolute atomic E-state index is 0.0628. The molecular weight excluding hydrogens is 268 g/mol. The van der Waals surface area contributed by atoms with Gasteiger partial charge in [-0.3, -0.25) is 5.41 Å². The first kappa shape index (κ1) is 16.0. The summed E-state index contributed by atoms with van der Waals surface area (Å²) in [4.78, 5) is 10.6. The number of nitrogens with two attached hydrogens (primary N) is 2. The lowest BCUT2D eigenvalue weighted by Gasteiger charge is -2.23. The monoisotopic (exact) mass is 285 g/mol. The van der Waals surface area contributed by atoms with Gasteiger partial charge in [-0.1, -0.05) is 6.92 Å². The highest BCUT2D eigenvalue weighted by Gasteiger charge is 2.27. The number of halogens is 2. The van der Waals surface area contributed by atoms with E-state index in [4.69, 9.17) is 16.9 Å². The minimum atomic E-state index is -1.18. The third kappa shape index (κ3) is 3.11. The molecule has 0 saturated carbocycles. The molecule has 2 atom stereocenters. The van der Waals surface area contributed by atoms with Crippen LogP contribution in [0.1, 0.15) is 29.5 Å². The molecule has 0 fully saturated rings. The molecule has 20 heavy (non-hydrogen) atoms. The molecule has 0 aromatic heterocycles. The number of rotatable bonds is 3. The molecule has 0 heterocycles. The Morgan fingerprint density at radius 3 is 2.45 bits per heavy atom. The van der Waals surface area contributed by atoms with Crippen LogP contribution in [0.25, 0.3) is 0 Å². The summed E-state index contributed by atoms with van der Waals surface area (Å²) in [5, 5.41) is 7.49. The molecule has 1 rings (SSSR count). The van der Waals surface area contributed by atoms with Crippen LogP contribution in [0.4, 0.5) is 13.6 Å². The van der Waals surface area contributed by atoms with Crippen LogP contribution in [0, 0.1) is 30.9 Å². The number of ether oxygens (including phenoxy) is 1. The molecule has 0 aliphatic carbocycles. The molecule has 0 aliphatic rings. The van der Waals surface area contributed by atoms with Crippen LogP contribution in [0.3, 0.4) is 0 Å². The van der Waals surface area contributed by atoms with Gasteiger partial charge < -0.3 is 16.2 Å². The van der Waals surface area contributed by atoms with E-state index >= 15 is 0 Å². The van der Waals surface area contributed by atoms with E-state index < -0.39 is 35.6 Å². The van der Waals surface area contributed by atoms with Crippen molar-refractivity contribution in [3.8, 4) is 0 Å². The average Bonchev–Trinajstić information content (AvgIpc) is 2.34. The summed E-state index contributed by atoms with van der Waals surface area (Å²) in [5.41, 5.74) is 11.7. The first-order valence-electron chi connectivity index (χ1n) is 5.93. The molecule has 1 amide bonds.